The molecule has 0 saturated carbocycles. The van der Waals surface area contributed by atoms with Crippen molar-refractivity contribution < 1.29 is 4.79 Å². The molecule has 2 amide bonds. The number of piperazine rings is 1. The van der Waals surface area contributed by atoms with Crippen LogP contribution < -0.4 is 15.5 Å². The Hall–Kier alpha value is -2.54. The van der Waals surface area contributed by atoms with Crippen molar-refractivity contribution in [3.05, 3.63) is 42.7 Å². The number of anilines is 2. The van der Waals surface area contributed by atoms with E-state index in [4.69, 9.17) is 0 Å². The highest BCUT2D eigenvalue weighted by Crippen LogP contribution is 2.15. The number of carbonyl (C=O) groups is 1. The minimum Gasteiger partial charge on any atom is -0.369 e. The molecule has 24 heavy (non-hydrogen) atoms. The highest BCUT2D eigenvalue weighted by molar-refractivity contribution is 5.89. The summed E-state index contributed by atoms with van der Waals surface area (Å²) in [5, 5.41) is 12.2. The number of aromatic nitrogens is 2. The van der Waals surface area contributed by atoms with Crippen LogP contribution in [0, 0.1) is 0 Å². The van der Waals surface area contributed by atoms with Gasteiger partial charge in [0.15, 0.2) is 0 Å². The van der Waals surface area contributed by atoms with Gasteiger partial charge in [0.25, 0.3) is 0 Å². The third kappa shape index (κ3) is 4.48. The smallest absolute Gasteiger partial charge is 0.319 e. The Bertz CT molecular complexity index is 622. The Morgan fingerprint density at radius 1 is 1.25 bits per heavy atom. The van der Waals surface area contributed by atoms with Gasteiger partial charge in [-0.1, -0.05) is 18.2 Å². The summed E-state index contributed by atoms with van der Waals surface area (Å²) in [6.45, 7) is 6.91. The number of nitrogens with zero attached hydrogens (tertiary/aromatic N) is 3. The summed E-state index contributed by atoms with van der Waals surface area (Å²) in [7, 11) is 0. The van der Waals surface area contributed by atoms with Gasteiger partial charge in [0.1, 0.15) is 0 Å². The number of carbonyl (C=O) groups excluding carboxylic acids is 1. The second-order valence-electron chi connectivity index (χ2n) is 6.11. The average Bonchev–Trinajstić information content (AvgIpc) is 3.09. The Morgan fingerprint density at radius 3 is 2.67 bits per heavy atom. The number of amides is 2. The lowest BCUT2D eigenvalue weighted by Crippen LogP contribution is -2.51. The van der Waals surface area contributed by atoms with Crippen LogP contribution in [0.2, 0.25) is 0 Å². The predicted molar refractivity (Wildman–Crippen MR) is 95.3 cm³/mol. The molecule has 3 N–H and O–H groups in total. The Balaban J connectivity index is 1.40. The van der Waals surface area contributed by atoms with Crippen LogP contribution in [-0.4, -0.2) is 59.9 Å². The molecule has 7 heteroatoms. The molecule has 3 rings (SSSR count). The number of rotatable bonds is 5. The summed E-state index contributed by atoms with van der Waals surface area (Å²) < 4.78 is 0. The van der Waals surface area contributed by atoms with E-state index in [2.05, 4.69) is 54.9 Å². The number of nitrogens with one attached hydrogen (secondary N) is 3. The molecule has 1 fully saturated rings. The van der Waals surface area contributed by atoms with Crippen LogP contribution in [0.4, 0.5) is 16.2 Å². The van der Waals surface area contributed by atoms with Gasteiger partial charge in [0.2, 0.25) is 0 Å². The molecule has 1 aromatic carbocycles. The van der Waals surface area contributed by atoms with Gasteiger partial charge in [-0.05, 0) is 19.1 Å². The normalized spacial score (nSPS) is 16.6. The Kier molecular flexibility index (Phi) is 5.32. The van der Waals surface area contributed by atoms with E-state index in [-0.39, 0.29) is 12.1 Å². The van der Waals surface area contributed by atoms with Crippen LogP contribution in [0.5, 0.6) is 0 Å². The number of hydrogen-bond donors (Lipinski definition) is 3. The highest BCUT2D eigenvalue weighted by Gasteiger charge is 2.19. The van der Waals surface area contributed by atoms with E-state index in [1.165, 1.54) is 5.69 Å². The van der Waals surface area contributed by atoms with Gasteiger partial charge in [0, 0.05) is 50.6 Å². The lowest BCUT2D eigenvalue weighted by molar-refractivity contribution is 0.224. The minimum atomic E-state index is -0.202. The summed E-state index contributed by atoms with van der Waals surface area (Å²) in [6, 6.07) is 10.4. The van der Waals surface area contributed by atoms with Gasteiger partial charge in [-0.25, -0.2) is 4.79 Å². The lowest BCUT2D eigenvalue weighted by Gasteiger charge is -2.37. The summed E-state index contributed by atoms with van der Waals surface area (Å²) in [5.41, 5.74) is 1.94. The van der Waals surface area contributed by atoms with Crippen LogP contribution in [0.15, 0.2) is 42.7 Å². The molecule has 0 aliphatic carbocycles. The Morgan fingerprint density at radius 2 is 2.00 bits per heavy atom. The standard InChI is InChI=1S/C17H24N6O/c1-14(20-17(24)21-15-11-18-19-12-15)13-22-7-9-23(10-8-22)16-5-3-2-4-6-16/h2-6,11-12,14H,7-10,13H2,1H3,(H,18,19)(H2,20,21,24)/t14-/m1/s1. The fourth-order valence-electron chi connectivity index (χ4n) is 2.97. The molecule has 128 valence electrons. The van der Waals surface area contributed by atoms with Crippen molar-refractivity contribution in [3.63, 3.8) is 0 Å². The molecule has 1 aliphatic rings. The zero-order valence-electron chi connectivity index (χ0n) is 13.9. The van der Waals surface area contributed by atoms with E-state index in [1.54, 1.807) is 12.4 Å². The van der Waals surface area contributed by atoms with E-state index < -0.39 is 0 Å². The minimum absolute atomic E-state index is 0.0835. The molecule has 1 saturated heterocycles. The first-order chi connectivity index (χ1) is 11.7. The molecular weight excluding hydrogens is 304 g/mol. The van der Waals surface area contributed by atoms with E-state index >= 15 is 0 Å². The first-order valence-electron chi connectivity index (χ1n) is 8.29. The van der Waals surface area contributed by atoms with Crippen LogP contribution in [0.25, 0.3) is 0 Å². The lowest BCUT2D eigenvalue weighted by atomic mass is 10.2. The van der Waals surface area contributed by atoms with Crippen molar-refractivity contribution in [2.75, 3.05) is 42.9 Å². The van der Waals surface area contributed by atoms with Crippen molar-refractivity contribution in [1.82, 2.24) is 20.4 Å². The van der Waals surface area contributed by atoms with E-state index in [9.17, 15) is 4.79 Å². The summed E-state index contributed by atoms with van der Waals surface area (Å²) in [5.74, 6) is 0. The molecule has 0 spiro atoms. The fourth-order valence-corrected chi connectivity index (χ4v) is 2.97. The number of urea groups is 1. The Labute approximate surface area is 142 Å². The molecule has 1 aromatic heterocycles. The van der Waals surface area contributed by atoms with Crippen molar-refractivity contribution in [3.8, 4) is 0 Å². The van der Waals surface area contributed by atoms with Gasteiger partial charge in [-0.2, -0.15) is 5.10 Å². The van der Waals surface area contributed by atoms with Gasteiger partial charge in [-0.3, -0.25) is 10.00 Å². The number of benzene rings is 1. The summed E-state index contributed by atoms with van der Waals surface area (Å²) in [4.78, 5) is 16.7. The van der Waals surface area contributed by atoms with Crippen LogP contribution in [0.1, 0.15) is 6.92 Å². The quantitative estimate of drug-likeness (QED) is 0.781. The highest BCUT2D eigenvalue weighted by atomic mass is 16.2. The summed E-state index contributed by atoms with van der Waals surface area (Å²) in [6.07, 6.45) is 3.22. The first kappa shape index (κ1) is 16.3. The average molecular weight is 328 g/mol. The summed E-state index contributed by atoms with van der Waals surface area (Å²) >= 11 is 0. The molecular formula is C17H24N6O. The van der Waals surface area contributed by atoms with Crippen molar-refractivity contribution in [2.45, 2.75) is 13.0 Å². The SMILES string of the molecule is C[C@H](CN1CCN(c2ccccc2)CC1)NC(=O)Nc1cn[nH]c1. The van der Waals surface area contributed by atoms with E-state index in [0.717, 1.165) is 32.7 Å². The number of hydrogen-bond acceptors (Lipinski definition) is 4. The van der Waals surface area contributed by atoms with Crippen LogP contribution >= 0.6 is 0 Å². The number of H-pyrrole nitrogens is 1. The third-order valence-corrected chi connectivity index (χ3v) is 4.16. The largest absolute Gasteiger partial charge is 0.369 e. The third-order valence-electron chi connectivity index (χ3n) is 4.16. The van der Waals surface area contributed by atoms with E-state index in [0.29, 0.717) is 5.69 Å². The molecule has 0 bridgehead atoms. The van der Waals surface area contributed by atoms with Gasteiger partial charge >= 0.3 is 6.03 Å². The number of aromatic amines is 1. The molecule has 1 aliphatic heterocycles. The van der Waals surface area contributed by atoms with Gasteiger partial charge < -0.3 is 15.5 Å². The maximum Gasteiger partial charge on any atom is 0.319 e. The van der Waals surface area contributed by atoms with Crippen LogP contribution in [0.3, 0.4) is 0 Å². The van der Waals surface area contributed by atoms with Gasteiger partial charge in [0.05, 0.1) is 11.9 Å². The second kappa shape index (κ2) is 7.83. The monoisotopic (exact) mass is 328 g/mol. The molecule has 1 atom stereocenters. The fraction of sp³-hybridized carbons (Fsp3) is 0.412. The molecule has 2 aromatic rings. The van der Waals surface area contributed by atoms with Crippen molar-refractivity contribution in [2.24, 2.45) is 0 Å². The maximum atomic E-state index is 11.9. The van der Waals surface area contributed by atoms with E-state index in [1.807, 2.05) is 13.0 Å². The van der Waals surface area contributed by atoms with Crippen molar-refractivity contribution >= 4 is 17.4 Å². The number of para-hydroxylation sites is 1. The predicted octanol–water partition coefficient (Wildman–Crippen LogP) is 1.74. The topological polar surface area (TPSA) is 76.3 Å². The molecule has 0 unspecified atom stereocenters. The molecule has 0 radical (unpaired) electrons. The van der Waals surface area contributed by atoms with Crippen LogP contribution in [-0.2, 0) is 0 Å². The second-order valence-corrected chi connectivity index (χ2v) is 6.11. The first-order valence-corrected chi connectivity index (χ1v) is 8.29. The zero-order chi connectivity index (χ0) is 16.8. The van der Waals surface area contributed by atoms with Crippen molar-refractivity contribution in [1.29, 1.82) is 0 Å². The molecule has 7 nitrogen and oxygen atoms in total. The zero-order valence-corrected chi connectivity index (χ0v) is 13.9. The maximum absolute atomic E-state index is 11.9. The van der Waals surface area contributed by atoms with Gasteiger partial charge in [-0.15, -0.1) is 0 Å². The molecule has 2 heterocycles.